The van der Waals surface area contributed by atoms with Crippen molar-refractivity contribution in [3.8, 4) is 5.75 Å². The number of hydrogen-bond acceptors (Lipinski definition) is 3. The lowest BCUT2D eigenvalue weighted by atomic mass is 10.0. The molecule has 15 heavy (non-hydrogen) atoms. The number of ether oxygens (including phenoxy) is 1. The highest BCUT2D eigenvalue weighted by molar-refractivity contribution is 5.31. The molecule has 0 amide bonds. The third kappa shape index (κ3) is 2.91. The van der Waals surface area contributed by atoms with Gasteiger partial charge < -0.3 is 15.6 Å². The largest absolute Gasteiger partial charge is 0.491 e. The lowest BCUT2D eigenvalue weighted by Crippen LogP contribution is -2.23. The Morgan fingerprint density at radius 2 is 2.20 bits per heavy atom. The van der Waals surface area contributed by atoms with E-state index in [4.69, 9.17) is 10.5 Å². The van der Waals surface area contributed by atoms with Gasteiger partial charge in [0, 0.05) is 0 Å². The zero-order valence-corrected chi connectivity index (χ0v) is 8.90. The Kier molecular flexibility index (Phi) is 4.05. The summed E-state index contributed by atoms with van der Waals surface area (Å²) in [6, 6.07) is 3.90. The van der Waals surface area contributed by atoms with E-state index in [2.05, 4.69) is 0 Å². The lowest BCUT2D eigenvalue weighted by molar-refractivity contribution is 0.164. The Bertz CT molecular complexity index is 328. The first-order valence-corrected chi connectivity index (χ1v) is 4.92. The Balaban J connectivity index is 2.90. The molecule has 0 heterocycles. The third-order valence-electron chi connectivity index (χ3n) is 2.16. The summed E-state index contributed by atoms with van der Waals surface area (Å²) in [6.45, 7) is 3.77. The van der Waals surface area contributed by atoms with Crippen molar-refractivity contribution in [3.63, 3.8) is 0 Å². The number of aliphatic hydroxyl groups is 1. The van der Waals surface area contributed by atoms with Crippen LogP contribution in [0.4, 0.5) is 4.39 Å². The van der Waals surface area contributed by atoms with Crippen LogP contribution in [-0.2, 0) is 0 Å². The molecule has 0 aliphatic rings. The highest BCUT2D eigenvalue weighted by atomic mass is 19.1. The molecule has 3 N–H and O–H groups in total. The third-order valence-corrected chi connectivity index (χ3v) is 2.16. The summed E-state index contributed by atoms with van der Waals surface area (Å²) in [5.74, 6) is -0.246. The van der Waals surface area contributed by atoms with Crippen LogP contribution in [0, 0.1) is 5.82 Å². The van der Waals surface area contributed by atoms with Crippen LogP contribution in [0.5, 0.6) is 5.75 Å². The quantitative estimate of drug-likeness (QED) is 0.798. The van der Waals surface area contributed by atoms with Crippen LogP contribution in [0.3, 0.4) is 0 Å². The summed E-state index contributed by atoms with van der Waals surface area (Å²) in [7, 11) is 0. The molecule has 2 unspecified atom stereocenters. The Labute approximate surface area is 88.7 Å². The Hall–Kier alpha value is -1.13. The van der Waals surface area contributed by atoms with Gasteiger partial charge in [0.2, 0.25) is 0 Å². The normalized spacial score (nSPS) is 14.7. The van der Waals surface area contributed by atoms with Gasteiger partial charge in [-0.1, -0.05) is 6.07 Å². The minimum atomic E-state index is -0.706. The van der Waals surface area contributed by atoms with Gasteiger partial charge in [-0.05, 0) is 31.5 Å². The molecular formula is C11H16FNO2. The van der Waals surface area contributed by atoms with Crippen LogP contribution in [0.15, 0.2) is 18.2 Å². The second-order valence-electron chi connectivity index (χ2n) is 3.39. The minimum Gasteiger partial charge on any atom is -0.491 e. The van der Waals surface area contributed by atoms with Crippen LogP contribution in [0.2, 0.25) is 0 Å². The first-order valence-electron chi connectivity index (χ1n) is 4.92. The van der Waals surface area contributed by atoms with Gasteiger partial charge in [0.1, 0.15) is 0 Å². The zero-order valence-electron chi connectivity index (χ0n) is 8.90. The van der Waals surface area contributed by atoms with Crippen molar-refractivity contribution in [2.45, 2.75) is 26.0 Å². The summed E-state index contributed by atoms with van der Waals surface area (Å²) in [5.41, 5.74) is 6.23. The maximum atomic E-state index is 13.4. The molecule has 0 saturated heterocycles. The average Bonchev–Trinajstić information content (AvgIpc) is 2.20. The van der Waals surface area contributed by atoms with Crippen molar-refractivity contribution in [1.82, 2.24) is 0 Å². The second kappa shape index (κ2) is 5.09. The molecule has 3 nitrogen and oxygen atoms in total. The smallest absolute Gasteiger partial charge is 0.165 e. The monoisotopic (exact) mass is 213 g/mol. The number of aliphatic hydroxyl groups excluding tert-OH is 1. The zero-order chi connectivity index (χ0) is 11.4. The van der Waals surface area contributed by atoms with Crippen molar-refractivity contribution in [2.75, 3.05) is 6.61 Å². The average molecular weight is 213 g/mol. The van der Waals surface area contributed by atoms with E-state index in [1.54, 1.807) is 19.9 Å². The van der Waals surface area contributed by atoms with Crippen LogP contribution in [-0.4, -0.2) is 17.8 Å². The standard InChI is InChI=1S/C11H16FNO2/c1-3-15-10-5-4-8(6-9(10)12)11(13)7(2)14/h4-7,11,14H,3,13H2,1-2H3. The summed E-state index contributed by atoms with van der Waals surface area (Å²) in [5, 5.41) is 9.26. The number of halogens is 1. The van der Waals surface area contributed by atoms with Crippen molar-refractivity contribution in [2.24, 2.45) is 5.73 Å². The molecule has 0 bridgehead atoms. The van der Waals surface area contributed by atoms with Gasteiger partial charge in [-0.2, -0.15) is 0 Å². The SMILES string of the molecule is CCOc1ccc(C(N)C(C)O)cc1F. The maximum Gasteiger partial charge on any atom is 0.165 e. The molecule has 0 saturated carbocycles. The number of benzene rings is 1. The Morgan fingerprint density at radius 3 is 2.67 bits per heavy atom. The maximum absolute atomic E-state index is 13.4. The molecule has 0 aromatic heterocycles. The van der Waals surface area contributed by atoms with Crippen LogP contribution >= 0.6 is 0 Å². The molecule has 0 aliphatic heterocycles. The second-order valence-corrected chi connectivity index (χ2v) is 3.39. The van der Waals surface area contributed by atoms with E-state index in [-0.39, 0.29) is 5.75 Å². The van der Waals surface area contributed by atoms with Gasteiger partial charge in [0.15, 0.2) is 11.6 Å². The van der Waals surface area contributed by atoms with E-state index in [9.17, 15) is 9.50 Å². The van der Waals surface area contributed by atoms with Crippen molar-refractivity contribution < 1.29 is 14.2 Å². The van der Waals surface area contributed by atoms with Gasteiger partial charge in [0.05, 0.1) is 18.8 Å². The molecular weight excluding hydrogens is 197 g/mol. The summed E-state index contributed by atoms with van der Waals surface area (Å²) in [4.78, 5) is 0. The molecule has 84 valence electrons. The first-order chi connectivity index (χ1) is 7.06. The fourth-order valence-electron chi connectivity index (χ4n) is 1.28. The molecule has 0 fully saturated rings. The van der Waals surface area contributed by atoms with Gasteiger partial charge >= 0.3 is 0 Å². The molecule has 0 radical (unpaired) electrons. The fourth-order valence-corrected chi connectivity index (χ4v) is 1.28. The van der Waals surface area contributed by atoms with Gasteiger partial charge in [-0.3, -0.25) is 0 Å². The molecule has 2 atom stereocenters. The topological polar surface area (TPSA) is 55.5 Å². The Morgan fingerprint density at radius 1 is 1.53 bits per heavy atom. The van der Waals surface area contributed by atoms with Crippen LogP contribution in [0.25, 0.3) is 0 Å². The molecule has 0 spiro atoms. The van der Waals surface area contributed by atoms with Gasteiger partial charge in [0.25, 0.3) is 0 Å². The molecule has 4 heteroatoms. The first kappa shape index (κ1) is 11.9. The van der Waals surface area contributed by atoms with E-state index < -0.39 is 18.0 Å². The van der Waals surface area contributed by atoms with Gasteiger partial charge in [-0.15, -0.1) is 0 Å². The van der Waals surface area contributed by atoms with Crippen LogP contribution < -0.4 is 10.5 Å². The summed E-state index contributed by atoms with van der Waals surface area (Å²) >= 11 is 0. The molecule has 0 aliphatic carbocycles. The molecule has 1 aromatic rings. The number of rotatable bonds is 4. The van der Waals surface area contributed by atoms with E-state index in [1.165, 1.54) is 12.1 Å². The summed E-state index contributed by atoms with van der Waals surface area (Å²) in [6.07, 6.45) is -0.706. The summed E-state index contributed by atoms with van der Waals surface area (Å²) < 4.78 is 18.5. The highest BCUT2D eigenvalue weighted by Gasteiger charge is 2.14. The van der Waals surface area contributed by atoms with Crippen molar-refractivity contribution in [3.05, 3.63) is 29.6 Å². The van der Waals surface area contributed by atoms with E-state index in [1.807, 2.05) is 0 Å². The molecule has 1 aromatic carbocycles. The van der Waals surface area contributed by atoms with Crippen molar-refractivity contribution >= 4 is 0 Å². The van der Waals surface area contributed by atoms with E-state index in [0.29, 0.717) is 12.2 Å². The fraction of sp³-hybridized carbons (Fsp3) is 0.455. The highest BCUT2D eigenvalue weighted by Crippen LogP contribution is 2.22. The van der Waals surface area contributed by atoms with Gasteiger partial charge in [-0.25, -0.2) is 4.39 Å². The predicted octanol–water partition coefficient (Wildman–Crippen LogP) is 1.60. The van der Waals surface area contributed by atoms with Crippen molar-refractivity contribution in [1.29, 1.82) is 0 Å². The minimum absolute atomic E-state index is 0.207. The number of nitrogens with two attached hydrogens (primary N) is 1. The lowest BCUT2D eigenvalue weighted by Gasteiger charge is -2.15. The van der Waals surface area contributed by atoms with E-state index >= 15 is 0 Å². The van der Waals surface area contributed by atoms with Crippen LogP contribution in [0.1, 0.15) is 25.5 Å². The van der Waals surface area contributed by atoms with E-state index in [0.717, 1.165) is 0 Å². The predicted molar refractivity (Wildman–Crippen MR) is 56.2 cm³/mol. The number of hydrogen-bond donors (Lipinski definition) is 2. The molecule has 1 rings (SSSR count).